The van der Waals surface area contributed by atoms with Crippen molar-refractivity contribution in [1.29, 1.82) is 0 Å². The zero-order valence-corrected chi connectivity index (χ0v) is 19.0. The van der Waals surface area contributed by atoms with Gasteiger partial charge in [0.05, 0.1) is 0 Å². The molecule has 0 saturated heterocycles. The first kappa shape index (κ1) is 25.9. The molecule has 0 unspecified atom stereocenters. The van der Waals surface area contributed by atoms with Crippen LogP contribution in [0.25, 0.3) is 0 Å². The standard InChI is InChI=1S/C26H30F3NO/c1-8-22(11-9-10-19(2)3)12-13-23(20(4)5)18-21(6)30(7)24-14-16-25(17-15-24)31-26(27,28)29/h8-11,14-19H,1H2,2-7H3/b10-9-,21-18-,22-11+. The molecule has 0 aliphatic rings. The molecule has 0 bridgehead atoms. The summed E-state index contributed by atoms with van der Waals surface area (Å²) in [7, 11) is 1.84. The highest BCUT2D eigenvalue weighted by Crippen LogP contribution is 2.26. The molecule has 0 atom stereocenters. The molecule has 1 aromatic rings. The maximum atomic E-state index is 12.3. The topological polar surface area (TPSA) is 12.5 Å². The van der Waals surface area contributed by atoms with Crippen molar-refractivity contribution in [3.05, 3.63) is 83.6 Å². The van der Waals surface area contributed by atoms with Gasteiger partial charge in [-0.1, -0.05) is 56.1 Å². The van der Waals surface area contributed by atoms with Gasteiger partial charge in [0.25, 0.3) is 0 Å². The van der Waals surface area contributed by atoms with Crippen LogP contribution < -0.4 is 9.64 Å². The fourth-order valence-corrected chi connectivity index (χ4v) is 2.37. The average Bonchev–Trinajstić information content (AvgIpc) is 2.67. The number of alkyl halides is 3. The highest BCUT2D eigenvalue weighted by molar-refractivity contribution is 5.56. The van der Waals surface area contributed by atoms with Crippen LogP contribution in [-0.2, 0) is 0 Å². The number of hydrogen-bond donors (Lipinski definition) is 0. The molecule has 1 aromatic carbocycles. The van der Waals surface area contributed by atoms with Crippen molar-refractivity contribution in [3.8, 4) is 17.6 Å². The lowest BCUT2D eigenvalue weighted by atomic mass is 10.1. The van der Waals surface area contributed by atoms with Crippen LogP contribution in [0.3, 0.4) is 0 Å². The molecule has 0 heterocycles. The fourth-order valence-electron chi connectivity index (χ4n) is 2.37. The lowest BCUT2D eigenvalue weighted by Gasteiger charge is -2.21. The largest absolute Gasteiger partial charge is 0.573 e. The number of halogens is 3. The Bertz CT molecular complexity index is 930. The second-order valence-corrected chi connectivity index (χ2v) is 7.51. The van der Waals surface area contributed by atoms with Gasteiger partial charge in [-0.05, 0) is 63.1 Å². The maximum absolute atomic E-state index is 12.3. The van der Waals surface area contributed by atoms with E-state index in [0.717, 1.165) is 28.1 Å². The third kappa shape index (κ3) is 9.95. The summed E-state index contributed by atoms with van der Waals surface area (Å²) in [6.45, 7) is 13.9. The quantitative estimate of drug-likeness (QED) is 0.327. The number of hydrogen-bond acceptors (Lipinski definition) is 2. The number of anilines is 1. The number of allylic oxidation sites excluding steroid dienone is 9. The van der Waals surface area contributed by atoms with E-state index >= 15 is 0 Å². The summed E-state index contributed by atoms with van der Waals surface area (Å²) in [5.74, 6) is 6.53. The second kappa shape index (κ2) is 11.9. The van der Waals surface area contributed by atoms with Gasteiger partial charge in [-0.2, -0.15) is 0 Å². The highest BCUT2D eigenvalue weighted by atomic mass is 19.4. The Morgan fingerprint density at radius 1 is 1.10 bits per heavy atom. The third-order valence-electron chi connectivity index (χ3n) is 4.21. The normalized spacial score (nSPS) is 12.5. The SMILES string of the molecule is C=C/C(C#CC(/C=C(/C)N(C)c1ccc(OC(F)(F)F)cc1)=C(C)C)=C\C=C/C(C)C. The zero-order chi connectivity index (χ0) is 23.6. The van der Waals surface area contributed by atoms with Crippen molar-refractivity contribution in [2.75, 3.05) is 11.9 Å². The summed E-state index contributed by atoms with van der Waals surface area (Å²) >= 11 is 0. The number of nitrogens with zero attached hydrogens (tertiary/aromatic N) is 1. The third-order valence-corrected chi connectivity index (χ3v) is 4.21. The van der Waals surface area contributed by atoms with Crippen molar-refractivity contribution >= 4 is 5.69 Å². The van der Waals surface area contributed by atoms with Crippen molar-refractivity contribution in [2.24, 2.45) is 5.92 Å². The van der Waals surface area contributed by atoms with E-state index in [2.05, 4.69) is 43.1 Å². The van der Waals surface area contributed by atoms with Crippen molar-refractivity contribution in [2.45, 2.75) is 41.0 Å². The molecule has 0 N–H and O–H groups in total. The zero-order valence-electron chi connectivity index (χ0n) is 19.0. The Morgan fingerprint density at radius 3 is 2.19 bits per heavy atom. The summed E-state index contributed by atoms with van der Waals surface area (Å²) in [5.41, 5.74) is 4.35. The minimum absolute atomic E-state index is 0.252. The summed E-state index contributed by atoms with van der Waals surface area (Å²) in [4.78, 5) is 1.87. The Labute approximate surface area is 184 Å². The number of rotatable bonds is 7. The molecule has 0 aliphatic carbocycles. The van der Waals surface area contributed by atoms with E-state index in [9.17, 15) is 13.2 Å². The molecule has 0 aliphatic heterocycles. The Hall–Kier alpha value is -3.13. The first-order valence-corrected chi connectivity index (χ1v) is 9.91. The van der Waals surface area contributed by atoms with Crippen molar-refractivity contribution in [3.63, 3.8) is 0 Å². The predicted molar refractivity (Wildman–Crippen MR) is 124 cm³/mol. The van der Waals surface area contributed by atoms with Gasteiger partial charge in [0, 0.05) is 29.6 Å². The monoisotopic (exact) mass is 429 g/mol. The molecule has 2 nitrogen and oxygen atoms in total. The van der Waals surface area contributed by atoms with E-state index in [1.54, 1.807) is 18.2 Å². The lowest BCUT2D eigenvalue weighted by molar-refractivity contribution is -0.274. The molecular weight excluding hydrogens is 399 g/mol. The van der Waals surface area contributed by atoms with Gasteiger partial charge in [-0.15, -0.1) is 13.2 Å². The molecule has 5 heteroatoms. The van der Waals surface area contributed by atoms with E-state index in [0.29, 0.717) is 5.92 Å². The molecule has 0 fully saturated rings. The van der Waals surface area contributed by atoms with Crippen LogP contribution in [0.5, 0.6) is 5.75 Å². The summed E-state index contributed by atoms with van der Waals surface area (Å²) < 4.78 is 40.9. The van der Waals surface area contributed by atoms with Gasteiger partial charge in [-0.3, -0.25) is 0 Å². The molecule has 0 radical (unpaired) electrons. The van der Waals surface area contributed by atoms with E-state index < -0.39 is 6.36 Å². The van der Waals surface area contributed by atoms with E-state index in [1.807, 2.05) is 50.9 Å². The van der Waals surface area contributed by atoms with Crippen LogP contribution in [0.1, 0.15) is 34.6 Å². The van der Waals surface area contributed by atoms with Gasteiger partial charge in [-0.25, -0.2) is 0 Å². The fraction of sp³-hybridized carbons (Fsp3) is 0.308. The average molecular weight is 430 g/mol. The predicted octanol–water partition coefficient (Wildman–Crippen LogP) is 7.59. The summed E-state index contributed by atoms with van der Waals surface area (Å²) in [5, 5.41) is 0. The highest BCUT2D eigenvalue weighted by Gasteiger charge is 2.31. The molecule has 0 saturated carbocycles. The Morgan fingerprint density at radius 2 is 1.71 bits per heavy atom. The molecule has 31 heavy (non-hydrogen) atoms. The van der Waals surface area contributed by atoms with Crippen LogP contribution in [0, 0.1) is 17.8 Å². The Balaban J connectivity index is 3.07. The van der Waals surface area contributed by atoms with Crippen LogP contribution in [0.2, 0.25) is 0 Å². The Kier molecular flexibility index (Phi) is 9.95. The van der Waals surface area contributed by atoms with Crippen LogP contribution >= 0.6 is 0 Å². The molecular formula is C26H30F3NO. The van der Waals surface area contributed by atoms with E-state index in [1.165, 1.54) is 12.1 Å². The number of benzene rings is 1. The van der Waals surface area contributed by atoms with Crippen molar-refractivity contribution < 1.29 is 17.9 Å². The molecule has 1 rings (SSSR count). The van der Waals surface area contributed by atoms with Crippen molar-refractivity contribution in [1.82, 2.24) is 0 Å². The first-order chi connectivity index (χ1) is 14.4. The maximum Gasteiger partial charge on any atom is 0.573 e. The van der Waals surface area contributed by atoms with Gasteiger partial charge in [0.1, 0.15) is 5.75 Å². The smallest absolute Gasteiger partial charge is 0.406 e. The van der Waals surface area contributed by atoms with Crippen LogP contribution in [0.15, 0.2) is 83.6 Å². The summed E-state index contributed by atoms with van der Waals surface area (Å²) in [6, 6.07) is 5.73. The molecule has 0 aromatic heterocycles. The van der Waals surface area contributed by atoms with Gasteiger partial charge in [0.15, 0.2) is 0 Å². The van der Waals surface area contributed by atoms with E-state index in [4.69, 9.17) is 0 Å². The summed E-state index contributed by atoms with van der Waals surface area (Å²) in [6.07, 6.45) is 4.94. The van der Waals surface area contributed by atoms with Gasteiger partial charge >= 0.3 is 6.36 Å². The van der Waals surface area contributed by atoms with Crippen LogP contribution in [-0.4, -0.2) is 13.4 Å². The van der Waals surface area contributed by atoms with Gasteiger partial charge in [0.2, 0.25) is 0 Å². The lowest BCUT2D eigenvalue weighted by Crippen LogP contribution is -2.17. The minimum Gasteiger partial charge on any atom is -0.406 e. The van der Waals surface area contributed by atoms with Crippen LogP contribution in [0.4, 0.5) is 18.9 Å². The minimum atomic E-state index is -4.70. The first-order valence-electron chi connectivity index (χ1n) is 9.91. The molecule has 0 spiro atoms. The molecule has 0 amide bonds. The number of ether oxygens (including phenoxy) is 1. The van der Waals surface area contributed by atoms with Gasteiger partial charge < -0.3 is 9.64 Å². The van der Waals surface area contributed by atoms with E-state index in [-0.39, 0.29) is 5.75 Å². The molecule has 166 valence electrons. The second-order valence-electron chi connectivity index (χ2n) is 7.51.